The molecular weight excluding hydrogens is 314 g/mol. The van der Waals surface area contributed by atoms with E-state index >= 15 is 0 Å². The van der Waals surface area contributed by atoms with Crippen LogP contribution in [-0.4, -0.2) is 23.4 Å². The highest BCUT2D eigenvalue weighted by Crippen LogP contribution is 2.19. The van der Waals surface area contributed by atoms with Crippen LogP contribution in [-0.2, 0) is 16.6 Å². The summed E-state index contributed by atoms with van der Waals surface area (Å²) in [6.07, 6.45) is 1.69. The molecule has 0 unspecified atom stereocenters. The quantitative estimate of drug-likeness (QED) is 0.752. The highest BCUT2D eigenvalue weighted by Gasteiger charge is 2.08. The Balaban J connectivity index is 1.84. The SMILES string of the molecule is Cc1nc(NCc2ccc(S(N)(=O)=O)cc2)c2cccnc2n1. The number of anilines is 1. The molecule has 0 bridgehead atoms. The first kappa shape index (κ1) is 15.3. The van der Waals surface area contributed by atoms with Crippen LogP contribution < -0.4 is 10.5 Å². The highest BCUT2D eigenvalue weighted by atomic mass is 32.2. The molecular formula is C15H15N5O2S. The maximum atomic E-state index is 11.2. The largest absolute Gasteiger partial charge is 0.365 e. The predicted octanol–water partition coefficient (Wildman–Crippen LogP) is 1.59. The van der Waals surface area contributed by atoms with Gasteiger partial charge in [-0.25, -0.2) is 28.5 Å². The standard InChI is InChI=1S/C15H15N5O2S/c1-10-19-14-13(3-2-8-17-14)15(20-10)18-9-11-4-6-12(7-5-11)23(16,21)22/h2-8H,9H2,1H3,(H2,16,21,22)(H,17,18,19,20). The molecule has 0 fully saturated rings. The van der Waals surface area contributed by atoms with Gasteiger partial charge in [0.15, 0.2) is 5.65 Å². The Morgan fingerprint density at radius 1 is 1.13 bits per heavy atom. The smallest absolute Gasteiger partial charge is 0.238 e. The molecule has 0 aliphatic heterocycles. The molecule has 7 nitrogen and oxygen atoms in total. The minimum Gasteiger partial charge on any atom is -0.365 e. The normalized spacial score (nSPS) is 11.6. The number of sulfonamides is 1. The molecule has 0 aliphatic rings. The van der Waals surface area contributed by atoms with Crippen molar-refractivity contribution < 1.29 is 8.42 Å². The van der Waals surface area contributed by atoms with Crippen molar-refractivity contribution in [3.63, 3.8) is 0 Å². The van der Waals surface area contributed by atoms with Crippen molar-refractivity contribution >= 4 is 26.9 Å². The van der Waals surface area contributed by atoms with E-state index in [0.717, 1.165) is 10.9 Å². The molecule has 1 aromatic carbocycles. The van der Waals surface area contributed by atoms with Gasteiger partial charge < -0.3 is 5.32 Å². The van der Waals surface area contributed by atoms with Gasteiger partial charge in [0.25, 0.3) is 0 Å². The van der Waals surface area contributed by atoms with E-state index in [1.807, 2.05) is 12.1 Å². The van der Waals surface area contributed by atoms with Gasteiger partial charge in [0.2, 0.25) is 10.0 Å². The van der Waals surface area contributed by atoms with Gasteiger partial charge in [0.05, 0.1) is 10.3 Å². The maximum Gasteiger partial charge on any atom is 0.238 e. The van der Waals surface area contributed by atoms with Gasteiger partial charge in [0.1, 0.15) is 11.6 Å². The first-order chi connectivity index (χ1) is 10.9. The Kier molecular flexibility index (Phi) is 3.93. The first-order valence-electron chi connectivity index (χ1n) is 6.88. The number of primary sulfonamides is 1. The molecule has 0 atom stereocenters. The van der Waals surface area contributed by atoms with Crippen molar-refractivity contribution in [2.24, 2.45) is 5.14 Å². The predicted molar refractivity (Wildman–Crippen MR) is 87.2 cm³/mol. The summed E-state index contributed by atoms with van der Waals surface area (Å²) in [6.45, 7) is 2.30. The summed E-state index contributed by atoms with van der Waals surface area (Å²) < 4.78 is 22.5. The van der Waals surface area contributed by atoms with Gasteiger partial charge in [0, 0.05) is 12.7 Å². The van der Waals surface area contributed by atoms with E-state index in [-0.39, 0.29) is 4.90 Å². The van der Waals surface area contributed by atoms with Crippen LogP contribution in [0.1, 0.15) is 11.4 Å². The van der Waals surface area contributed by atoms with E-state index in [1.54, 1.807) is 25.3 Å². The lowest BCUT2D eigenvalue weighted by molar-refractivity contribution is 0.598. The molecule has 3 N–H and O–H groups in total. The summed E-state index contributed by atoms with van der Waals surface area (Å²) in [4.78, 5) is 13.0. The molecule has 3 aromatic rings. The molecule has 2 heterocycles. The topological polar surface area (TPSA) is 111 Å². The van der Waals surface area contributed by atoms with E-state index in [1.165, 1.54) is 12.1 Å². The molecule has 0 spiro atoms. The van der Waals surface area contributed by atoms with Crippen LogP contribution in [0.2, 0.25) is 0 Å². The second-order valence-electron chi connectivity index (χ2n) is 5.04. The average molecular weight is 329 g/mol. The van der Waals surface area contributed by atoms with Crippen LogP contribution in [0.25, 0.3) is 11.0 Å². The minimum atomic E-state index is -3.67. The van der Waals surface area contributed by atoms with Crippen LogP contribution in [0.4, 0.5) is 5.82 Å². The van der Waals surface area contributed by atoms with E-state index in [2.05, 4.69) is 20.3 Å². The van der Waals surface area contributed by atoms with Crippen molar-refractivity contribution in [3.8, 4) is 0 Å². The third-order valence-electron chi connectivity index (χ3n) is 3.29. The van der Waals surface area contributed by atoms with Crippen molar-refractivity contribution in [2.75, 3.05) is 5.32 Å². The zero-order valence-electron chi connectivity index (χ0n) is 12.4. The fourth-order valence-corrected chi connectivity index (χ4v) is 2.70. The minimum absolute atomic E-state index is 0.0915. The van der Waals surface area contributed by atoms with Crippen molar-refractivity contribution in [1.29, 1.82) is 0 Å². The number of hydrogen-bond acceptors (Lipinski definition) is 6. The molecule has 0 aliphatic carbocycles. The lowest BCUT2D eigenvalue weighted by Crippen LogP contribution is -2.12. The fraction of sp³-hybridized carbons (Fsp3) is 0.133. The van der Waals surface area contributed by atoms with E-state index in [9.17, 15) is 8.42 Å². The third kappa shape index (κ3) is 3.43. The van der Waals surface area contributed by atoms with Crippen molar-refractivity contribution in [1.82, 2.24) is 15.0 Å². The first-order valence-corrected chi connectivity index (χ1v) is 8.43. The number of pyridine rings is 1. The average Bonchev–Trinajstić information content (AvgIpc) is 2.52. The Hall–Kier alpha value is -2.58. The molecule has 0 saturated heterocycles. The summed E-state index contributed by atoms with van der Waals surface area (Å²) >= 11 is 0. The monoisotopic (exact) mass is 329 g/mol. The summed E-state index contributed by atoms with van der Waals surface area (Å²) in [5.74, 6) is 1.32. The number of benzene rings is 1. The molecule has 118 valence electrons. The number of rotatable bonds is 4. The van der Waals surface area contributed by atoms with Gasteiger partial charge in [-0.2, -0.15) is 0 Å². The summed E-state index contributed by atoms with van der Waals surface area (Å²) in [5.41, 5.74) is 1.54. The molecule has 2 aromatic heterocycles. The molecule has 0 amide bonds. The Morgan fingerprint density at radius 3 is 2.57 bits per heavy atom. The number of aromatic nitrogens is 3. The zero-order valence-corrected chi connectivity index (χ0v) is 13.2. The maximum absolute atomic E-state index is 11.2. The second-order valence-corrected chi connectivity index (χ2v) is 6.60. The van der Waals surface area contributed by atoms with E-state index in [0.29, 0.717) is 23.8 Å². The van der Waals surface area contributed by atoms with Crippen LogP contribution in [0.3, 0.4) is 0 Å². The Bertz CT molecular complexity index is 955. The fourth-order valence-electron chi connectivity index (χ4n) is 2.19. The van der Waals surface area contributed by atoms with Crippen molar-refractivity contribution in [3.05, 3.63) is 54.0 Å². The molecule has 0 saturated carbocycles. The number of nitrogens with one attached hydrogen (secondary N) is 1. The van der Waals surface area contributed by atoms with Gasteiger partial charge in [-0.3, -0.25) is 0 Å². The second kappa shape index (κ2) is 5.90. The van der Waals surface area contributed by atoms with Gasteiger partial charge >= 0.3 is 0 Å². The zero-order chi connectivity index (χ0) is 16.4. The van der Waals surface area contributed by atoms with Crippen LogP contribution in [0.15, 0.2) is 47.5 Å². The Labute approximate surface area is 133 Å². The van der Waals surface area contributed by atoms with Crippen LogP contribution in [0.5, 0.6) is 0 Å². The number of nitrogens with zero attached hydrogens (tertiary/aromatic N) is 3. The molecule has 3 rings (SSSR count). The third-order valence-corrected chi connectivity index (χ3v) is 4.22. The van der Waals surface area contributed by atoms with Crippen molar-refractivity contribution in [2.45, 2.75) is 18.4 Å². The number of nitrogens with two attached hydrogens (primary N) is 1. The Morgan fingerprint density at radius 2 is 1.87 bits per heavy atom. The number of fused-ring (bicyclic) bond motifs is 1. The van der Waals surface area contributed by atoms with Gasteiger partial charge in [-0.1, -0.05) is 12.1 Å². The lowest BCUT2D eigenvalue weighted by Gasteiger charge is -2.09. The lowest BCUT2D eigenvalue weighted by atomic mass is 10.2. The molecule has 8 heteroatoms. The summed E-state index contributed by atoms with van der Waals surface area (Å²) in [6, 6.07) is 10.1. The van der Waals surface area contributed by atoms with Crippen LogP contribution in [0, 0.1) is 6.92 Å². The molecule has 23 heavy (non-hydrogen) atoms. The number of hydrogen-bond donors (Lipinski definition) is 2. The summed E-state index contributed by atoms with van der Waals surface area (Å²) in [5, 5.41) is 9.15. The van der Waals surface area contributed by atoms with E-state index in [4.69, 9.17) is 5.14 Å². The van der Waals surface area contributed by atoms with Gasteiger partial charge in [-0.15, -0.1) is 0 Å². The van der Waals surface area contributed by atoms with E-state index < -0.39 is 10.0 Å². The number of aryl methyl sites for hydroxylation is 1. The van der Waals surface area contributed by atoms with Gasteiger partial charge in [-0.05, 0) is 36.8 Å². The molecule has 0 radical (unpaired) electrons. The van der Waals surface area contributed by atoms with Crippen LogP contribution >= 0.6 is 0 Å². The summed E-state index contributed by atoms with van der Waals surface area (Å²) in [7, 11) is -3.67. The highest BCUT2D eigenvalue weighted by molar-refractivity contribution is 7.89.